The third kappa shape index (κ3) is 4.91. The van der Waals surface area contributed by atoms with Gasteiger partial charge in [0.2, 0.25) is 10.0 Å². The number of halogens is 1. The Morgan fingerprint density at radius 1 is 1.14 bits per heavy atom. The molecule has 2 aromatic rings. The topological polar surface area (TPSA) is 84.9 Å². The van der Waals surface area contributed by atoms with E-state index in [-0.39, 0.29) is 24.7 Å². The van der Waals surface area contributed by atoms with Gasteiger partial charge in [0.05, 0.1) is 25.5 Å². The van der Waals surface area contributed by atoms with Gasteiger partial charge in [-0.2, -0.15) is 4.31 Å². The minimum atomic E-state index is -3.51. The molecular formula is C20H23BrN2O5S. The average molecular weight is 483 g/mol. The highest BCUT2D eigenvalue weighted by molar-refractivity contribution is 9.10. The van der Waals surface area contributed by atoms with E-state index in [1.54, 1.807) is 32.4 Å². The summed E-state index contributed by atoms with van der Waals surface area (Å²) < 4.78 is 38.3. The molecule has 0 spiro atoms. The van der Waals surface area contributed by atoms with Crippen molar-refractivity contribution in [2.45, 2.75) is 13.0 Å². The van der Waals surface area contributed by atoms with Crippen molar-refractivity contribution in [1.29, 1.82) is 0 Å². The van der Waals surface area contributed by atoms with Crippen LogP contribution in [0.2, 0.25) is 0 Å². The van der Waals surface area contributed by atoms with Crippen LogP contribution in [0.4, 0.5) is 0 Å². The fourth-order valence-electron chi connectivity index (χ4n) is 3.26. The van der Waals surface area contributed by atoms with Crippen LogP contribution in [-0.4, -0.2) is 51.7 Å². The number of nitrogens with zero attached hydrogens (tertiary/aromatic N) is 1. The maximum Gasteiger partial charge on any atom is 0.252 e. The number of nitrogens with one attached hydrogen (secondary N) is 1. The lowest BCUT2D eigenvalue weighted by Crippen LogP contribution is -2.40. The number of ether oxygens (including phenoxy) is 2. The van der Waals surface area contributed by atoms with Crippen LogP contribution >= 0.6 is 15.9 Å². The molecule has 0 fully saturated rings. The molecule has 1 amide bonds. The molecule has 9 heteroatoms. The summed E-state index contributed by atoms with van der Waals surface area (Å²) in [4.78, 5) is 12.2. The first kappa shape index (κ1) is 21.6. The molecule has 1 N–H and O–H groups in total. The van der Waals surface area contributed by atoms with Crippen molar-refractivity contribution < 1.29 is 22.7 Å². The second-order valence-electron chi connectivity index (χ2n) is 6.61. The number of rotatable bonds is 7. The molecule has 29 heavy (non-hydrogen) atoms. The molecule has 3 rings (SSSR count). The molecule has 1 aliphatic rings. The van der Waals surface area contributed by atoms with Crippen molar-refractivity contribution in [2.75, 3.05) is 33.1 Å². The van der Waals surface area contributed by atoms with E-state index in [0.29, 0.717) is 34.5 Å². The SMILES string of the molecule is COc1cc2c(cc1OC)CN(S(=O)(=O)CCNC(=O)c1ccccc1Br)CC2. The van der Waals surface area contributed by atoms with Crippen molar-refractivity contribution in [3.63, 3.8) is 0 Å². The first-order valence-electron chi connectivity index (χ1n) is 9.10. The number of amides is 1. The molecule has 0 unspecified atom stereocenters. The van der Waals surface area contributed by atoms with Crippen molar-refractivity contribution in [2.24, 2.45) is 0 Å². The summed E-state index contributed by atoms with van der Waals surface area (Å²) in [7, 11) is -0.388. The Morgan fingerprint density at radius 2 is 1.79 bits per heavy atom. The number of methoxy groups -OCH3 is 2. The normalized spacial score (nSPS) is 14.2. The summed E-state index contributed by atoms with van der Waals surface area (Å²) >= 11 is 3.32. The highest BCUT2D eigenvalue weighted by Gasteiger charge is 2.28. The quantitative estimate of drug-likeness (QED) is 0.655. The number of sulfonamides is 1. The molecule has 7 nitrogen and oxygen atoms in total. The van der Waals surface area contributed by atoms with Gasteiger partial charge in [-0.25, -0.2) is 8.42 Å². The van der Waals surface area contributed by atoms with E-state index in [9.17, 15) is 13.2 Å². The van der Waals surface area contributed by atoms with Crippen molar-refractivity contribution in [1.82, 2.24) is 9.62 Å². The lowest BCUT2D eigenvalue weighted by atomic mass is 10.0. The Labute approximate surface area is 179 Å². The van der Waals surface area contributed by atoms with Gasteiger partial charge in [0.1, 0.15) is 0 Å². The first-order chi connectivity index (χ1) is 13.9. The zero-order valence-electron chi connectivity index (χ0n) is 16.3. The van der Waals surface area contributed by atoms with E-state index in [1.165, 1.54) is 4.31 Å². The van der Waals surface area contributed by atoms with Crippen molar-refractivity contribution in [3.8, 4) is 11.5 Å². The van der Waals surface area contributed by atoms with Crippen LogP contribution in [0.15, 0.2) is 40.9 Å². The summed E-state index contributed by atoms with van der Waals surface area (Å²) in [5.74, 6) is 0.739. The molecule has 0 saturated carbocycles. The lowest BCUT2D eigenvalue weighted by molar-refractivity contribution is 0.0955. The molecule has 2 aromatic carbocycles. The second-order valence-corrected chi connectivity index (χ2v) is 9.55. The van der Waals surface area contributed by atoms with Crippen LogP contribution in [0, 0.1) is 0 Å². The van der Waals surface area contributed by atoms with Gasteiger partial charge >= 0.3 is 0 Å². The summed E-state index contributed by atoms with van der Waals surface area (Å²) in [6.07, 6.45) is 0.595. The molecular weight excluding hydrogens is 460 g/mol. The monoisotopic (exact) mass is 482 g/mol. The number of carbonyl (C=O) groups is 1. The Balaban J connectivity index is 1.63. The highest BCUT2D eigenvalue weighted by atomic mass is 79.9. The average Bonchev–Trinajstić information content (AvgIpc) is 2.72. The number of hydrogen-bond donors (Lipinski definition) is 1. The summed E-state index contributed by atoms with van der Waals surface area (Å²) in [6.45, 7) is 0.705. The van der Waals surface area contributed by atoms with Crippen LogP contribution in [-0.2, 0) is 23.0 Å². The van der Waals surface area contributed by atoms with E-state index in [4.69, 9.17) is 9.47 Å². The molecule has 0 aliphatic carbocycles. The van der Waals surface area contributed by atoms with Crippen LogP contribution in [0.3, 0.4) is 0 Å². The highest BCUT2D eigenvalue weighted by Crippen LogP contribution is 2.33. The van der Waals surface area contributed by atoms with Gasteiger partial charge in [0.25, 0.3) is 5.91 Å². The van der Waals surface area contributed by atoms with Gasteiger partial charge in [-0.15, -0.1) is 0 Å². The van der Waals surface area contributed by atoms with Gasteiger partial charge in [-0.05, 0) is 57.7 Å². The minimum absolute atomic E-state index is 0.0395. The van der Waals surface area contributed by atoms with Gasteiger partial charge < -0.3 is 14.8 Å². The van der Waals surface area contributed by atoms with Crippen molar-refractivity contribution >= 4 is 31.9 Å². The predicted octanol–water partition coefficient (Wildman–Crippen LogP) is 2.58. The van der Waals surface area contributed by atoms with Gasteiger partial charge in [0, 0.05) is 24.1 Å². The molecule has 0 bridgehead atoms. The Hall–Kier alpha value is -2.10. The lowest BCUT2D eigenvalue weighted by Gasteiger charge is -2.29. The number of carbonyl (C=O) groups excluding carboxylic acids is 1. The van der Waals surface area contributed by atoms with Crippen LogP contribution in [0.25, 0.3) is 0 Å². The Bertz CT molecular complexity index is 1010. The van der Waals surface area contributed by atoms with Crippen LogP contribution < -0.4 is 14.8 Å². The molecule has 1 aliphatic heterocycles. The van der Waals surface area contributed by atoms with E-state index < -0.39 is 10.0 Å². The zero-order valence-corrected chi connectivity index (χ0v) is 18.7. The minimum Gasteiger partial charge on any atom is -0.493 e. The molecule has 0 saturated heterocycles. The smallest absolute Gasteiger partial charge is 0.252 e. The Kier molecular flexibility index (Phi) is 6.81. The van der Waals surface area contributed by atoms with Crippen LogP contribution in [0.1, 0.15) is 21.5 Å². The van der Waals surface area contributed by atoms with Crippen LogP contribution in [0.5, 0.6) is 11.5 Å². The summed E-state index contributed by atoms with van der Waals surface area (Å²) in [5, 5.41) is 2.68. The van der Waals surface area contributed by atoms with E-state index in [2.05, 4.69) is 21.2 Å². The molecule has 1 heterocycles. The predicted molar refractivity (Wildman–Crippen MR) is 114 cm³/mol. The first-order valence-corrected chi connectivity index (χ1v) is 11.5. The number of fused-ring (bicyclic) bond motifs is 1. The van der Waals surface area contributed by atoms with E-state index in [1.807, 2.05) is 18.2 Å². The largest absolute Gasteiger partial charge is 0.493 e. The third-order valence-corrected chi connectivity index (χ3v) is 7.35. The fourth-order valence-corrected chi connectivity index (χ4v) is 5.05. The second kappa shape index (κ2) is 9.15. The van der Waals surface area contributed by atoms with Gasteiger partial charge in [-0.3, -0.25) is 4.79 Å². The van der Waals surface area contributed by atoms with Crippen molar-refractivity contribution in [3.05, 3.63) is 57.6 Å². The standard InChI is InChI=1S/C20H23BrN2O5S/c1-27-18-11-14-7-9-23(13-15(14)12-19(18)28-2)29(25,26)10-8-22-20(24)16-5-3-4-6-17(16)21/h3-6,11-12H,7-10,13H2,1-2H3,(H,22,24). The Morgan fingerprint density at radius 3 is 2.45 bits per heavy atom. The molecule has 0 radical (unpaired) electrons. The number of benzene rings is 2. The molecule has 0 atom stereocenters. The maximum absolute atomic E-state index is 12.8. The van der Waals surface area contributed by atoms with Gasteiger partial charge in [0.15, 0.2) is 11.5 Å². The number of hydrogen-bond acceptors (Lipinski definition) is 5. The van der Waals surface area contributed by atoms with E-state index in [0.717, 1.165) is 11.1 Å². The van der Waals surface area contributed by atoms with Gasteiger partial charge in [-0.1, -0.05) is 12.1 Å². The summed E-state index contributed by atoms with van der Waals surface area (Å²) in [6, 6.07) is 10.7. The summed E-state index contributed by atoms with van der Waals surface area (Å²) in [5.41, 5.74) is 2.42. The third-order valence-electron chi connectivity index (χ3n) is 4.84. The molecule has 156 valence electrons. The molecule has 0 aromatic heterocycles. The zero-order chi connectivity index (χ0) is 21.0. The maximum atomic E-state index is 12.8. The van der Waals surface area contributed by atoms with E-state index >= 15 is 0 Å². The fraction of sp³-hybridized carbons (Fsp3) is 0.350.